The van der Waals surface area contributed by atoms with Crippen LogP contribution in [0, 0.1) is 0 Å². The third-order valence-corrected chi connectivity index (χ3v) is 4.55. The zero-order valence-corrected chi connectivity index (χ0v) is 13.4. The van der Waals surface area contributed by atoms with Crippen molar-refractivity contribution >= 4 is 16.7 Å². The molecule has 0 unspecified atom stereocenters. The van der Waals surface area contributed by atoms with E-state index in [0.717, 1.165) is 38.4 Å². The van der Waals surface area contributed by atoms with Crippen molar-refractivity contribution in [2.24, 2.45) is 0 Å². The van der Waals surface area contributed by atoms with Crippen LogP contribution in [0.3, 0.4) is 0 Å². The topological polar surface area (TPSA) is 41.2 Å². The molecular formula is C19H21N3O. The highest BCUT2D eigenvalue weighted by atomic mass is 16.5. The number of hydrogen-bond acceptors (Lipinski definition) is 3. The van der Waals surface area contributed by atoms with Gasteiger partial charge < -0.3 is 14.6 Å². The summed E-state index contributed by atoms with van der Waals surface area (Å²) in [6.07, 6.45) is 5.03. The normalized spacial score (nSPS) is 15.3. The maximum Gasteiger partial charge on any atom is 0.137 e. The number of nitrogens with zero attached hydrogens (tertiary/aromatic N) is 2. The molecule has 2 aromatic heterocycles. The Labute approximate surface area is 136 Å². The lowest BCUT2D eigenvalue weighted by Gasteiger charge is -2.29. The number of fused-ring (bicyclic) bond motifs is 1. The van der Waals surface area contributed by atoms with Gasteiger partial charge >= 0.3 is 0 Å². The number of nitrogens with one attached hydrogen (secondary N) is 1. The second-order valence-corrected chi connectivity index (χ2v) is 5.94. The van der Waals surface area contributed by atoms with E-state index in [9.17, 15) is 0 Å². The van der Waals surface area contributed by atoms with Gasteiger partial charge in [0.15, 0.2) is 0 Å². The molecule has 0 bridgehead atoms. The third-order valence-electron chi connectivity index (χ3n) is 4.55. The van der Waals surface area contributed by atoms with Crippen LogP contribution in [-0.2, 0) is 11.2 Å². The Bertz CT molecular complexity index is 818. The van der Waals surface area contributed by atoms with E-state index in [2.05, 4.69) is 58.3 Å². The number of H-pyrrole nitrogens is 1. The van der Waals surface area contributed by atoms with Gasteiger partial charge in [-0.15, -0.1) is 0 Å². The lowest BCUT2D eigenvalue weighted by Crippen LogP contribution is -2.36. The summed E-state index contributed by atoms with van der Waals surface area (Å²) in [6.45, 7) is 5.70. The number of rotatable bonds is 3. The molecule has 4 rings (SSSR count). The highest BCUT2D eigenvalue weighted by molar-refractivity contribution is 5.85. The minimum Gasteiger partial charge on any atom is -0.378 e. The third kappa shape index (κ3) is 2.70. The molecule has 0 saturated carbocycles. The second kappa shape index (κ2) is 6.05. The Morgan fingerprint density at radius 1 is 1.17 bits per heavy atom. The van der Waals surface area contributed by atoms with Crippen molar-refractivity contribution in [2.75, 3.05) is 31.2 Å². The average Bonchev–Trinajstić information content (AvgIpc) is 3.05. The fourth-order valence-corrected chi connectivity index (χ4v) is 3.21. The molecule has 23 heavy (non-hydrogen) atoms. The van der Waals surface area contributed by atoms with Crippen LogP contribution in [0.25, 0.3) is 22.2 Å². The van der Waals surface area contributed by atoms with E-state index in [0.29, 0.717) is 0 Å². The smallest absolute Gasteiger partial charge is 0.137 e. The van der Waals surface area contributed by atoms with Crippen molar-refractivity contribution in [3.8, 4) is 11.1 Å². The van der Waals surface area contributed by atoms with Gasteiger partial charge in [-0.3, -0.25) is 0 Å². The molecule has 4 heteroatoms. The van der Waals surface area contributed by atoms with Crippen molar-refractivity contribution in [2.45, 2.75) is 13.3 Å². The van der Waals surface area contributed by atoms with Crippen LogP contribution in [0.4, 0.5) is 5.69 Å². The van der Waals surface area contributed by atoms with Crippen molar-refractivity contribution < 1.29 is 4.74 Å². The standard InChI is InChI=1S/C19H21N3O/c1-2-14-12-20-19-18(14)11-16(13-21-19)15-4-3-5-17(10-15)22-6-8-23-9-7-22/h3-5,10-13H,2,6-9H2,1H3,(H,20,21). The molecule has 1 N–H and O–H groups in total. The quantitative estimate of drug-likeness (QED) is 0.803. The summed E-state index contributed by atoms with van der Waals surface area (Å²) in [5.41, 5.74) is 5.93. The van der Waals surface area contributed by atoms with Crippen LogP contribution in [0.1, 0.15) is 12.5 Å². The van der Waals surface area contributed by atoms with Crippen LogP contribution < -0.4 is 4.90 Å². The fraction of sp³-hybridized carbons (Fsp3) is 0.316. The minimum absolute atomic E-state index is 0.807. The Balaban J connectivity index is 1.72. The van der Waals surface area contributed by atoms with Crippen LogP contribution in [0.5, 0.6) is 0 Å². The summed E-state index contributed by atoms with van der Waals surface area (Å²) in [5.74, 6) is 0. The van der Waals surface area contributed by atoms with E-state index in [4.69, 9.17) is 4.74 Å². The number of aromatic amines is 1. The molecule has 4 nitrogen and oxygen atoms in total. The SMILES string of the molecule is CCc1c[nH]c2ncc(-c3cccc(N4CCOCC4)c3)cc12. The number of pyridine rings is 1. The van der Waals surface area contributed by atoms with Gasteiger partial charge in [0.25, 0.3) is 0 Å². The van der Waals surface area contributed by atoms with Gasteiger partial charge in [0.2, 0.25) is 0 Å². The summed E-state index contributed by atoms with van der Waals surface area (Å²) in [5, 5.41) is 1.22. The first-order chi connectivity index (χ1) is 11.3. The van der Waals surface area contributed by atoms with Gasteiger partial charge in [0.05, 0.1) is 13.2 Å². The summed E-state index contributed by atoms with van der Waals surface area (Å²) in [6, 6.07) is 11.0. The molecule has 0 radical (unpaired) electrons. The highest BCUT2D eigenvalue weighted by Gasteiger charge is 2.12. The van der Waals surface area contributed by atoms with Crippen LogP contribution in [0.15, 0.2) is 42.7 Å². The van der Waals surface area contributed by atoms with Crippen molar-refractivity contribution in [3.05, 3.63) is 48.3 Å². The summed E-state index contributed by atoms with van der Waals surface area (Å²) in [7, 11) is 0. The summed E-state index contributed by atoms with van der Waals surface area (Å²) in [4.78, 5) is 10.2. The predicted molar refractivity (Wildman–Crippen MR) is 93.9 cm³/mol. The Morgan fingerprint density at radius 3 is 2.87 bits per heavy atom. The Morgan fingerprint density at radius 2 is 2.04 bits per heavy atom. The van der Waals surface area contributed by atoms with Gasteiger partial charge in [0, 0.05) is 42.1 Å². The molecule has 0 spiro atoms. The van der Waals surface area contributed by atoms with E-state index >= 15 is 0 Å². The lowest BCUT2D eigenvalue weighted by atomic mass is 10.0. The maximum absolute atomic E-state index is 5.45. The first-order valence-corrected chi connectivity index (χ1v) is 8.24. The molecule has 118 valence electrons. The zero-order valence-electron chi connectivity index (χ0n) is 13.4. The van der Waals surface area contributed by atoms with E-state index in [1.165, 1.54) is 27.8 Å². The van der Waals surface area contributed by atoms with Crippen molar-refractivity contribution in [1.29, 1.82) is 0 Å². The summed E-state index contributed by atoms with van der Waals surface area (Å²) < 4.78 is 5.45. The first kappa shape index (κ1) is 14.3. The molecule has 3 heterocycles. The van der Waals surface area contributed by atoms with Crippen molar-refractivity contribution in [1.82, 2.24) is 9.97 Å². The van der Waals surface area contributed by atoms with E-state index < -0.39 is 0 Å². The Hall–Kier alpha value is -2.33. The van der Waals surface area contributed by atoms with Crippen LogP contribution >= 0.6 is 0 Å². The number of aryl methyl sites for hydroxylation is 1. The molecule has 1 aliphatic rings. The van der Waals surface area contributed by atoms with Gasteiger partial charge in [0.1, 0.15) is 5.65 Å². The fourth-order valence-electron chi connectivity index (χ4n) is 3.21. The van der Waals surface area contributed by atoms with Gasteiger partial charge in [-0.2, -0.15) is 0 Å². The molecular weight excluding hydrogens is 286 g/mol. The summed E-state index contributed by atoms with van der Waals surface area (Å²) >= 11 is 0. The molecule has 1 saturated heterocycles. The van der Waals surface area contributed by atoms with E-state index in [-0.39, 0.29) is 0 Å². The predicted octanol–water partition coefficient (Wildman–Crippen LogP) is 3.63. The number of benzene rings is 1. The molecule has 3 aromatic rings. The molecule has 0 amide bonds. The van der Waals surface area contributed by atoms with Crippen LogP contribution in [-0.4, -0.2) is 36.3 Å². The highest BCUT2D eigenvalue weighted by Crippen LogP contribution is 2.28. The van der Waals surface area contributed by atoms with E-state index in [1.807, 2.05) is 6.20 Å². The van der Waals surface area contributed by atoms with Gasteiger partial charge in [-0.1, -0.05) is 19.1 Å². The molecule has 0 aliphatic carbocycles. The largest absolute Gasteiger partial charge is 0.378 e. The number of hydrogen-bond donors (Lipinski definition) is 1. The number of anilines is 1. The maximum atomic E-state index is 5.45. The van der Waals surface area contributed by atoms with Crippen LogP contribution in [0.2, 0.25) is 0 Å². The number of aromatic nitrogens is 2. The zero-order chi connectivity index (χ0) is 15.6. The number of ether oxygens (including phenoxy) is 1. The monoisotopic (exact) mass is 307 g/mol. The van der Waals surface area contributed by atoms with Crippen molar-refractivity contribution in [3.63, 3.8) is 0 Å². The van der Waals surface area contributed by atoms with Gasteiger partial charge in [-0.05, 0) is 35.7 Å². The number of morpholine rings is 1. The first-order valence-electron chi connectivity index (χ1n) is 8.24. The molecule has 0 atom stereocenters. The molecule has 1 aliphatic heterocycles. The Kier molecular flexibility index (Phi) is 3.75. The van der Waals surface area contributed by atoms with E-state index in [1.54, 1.807) is 0 Å². The average molecular weight is 307 g/mol. The lowest BCUT2D eigenvalue weighted by molar-refractivity contribution is 0.122. The molecule has 1 aromatic carbocycles. The van der Waals surface area contributed by atoms with Gasteiger partial charge in [-0.25, -0.2) is 4.98 Å². The minimum atomic E-state index is 0.807. The molecule has 1 fully saturated rings. The second-order valence-electron chi connectivity index (χ2n) is 5.94.